The van der Waals surface area contributed by atoms with Crippen LogP contribution < -0.4 is 0 Å². The lowest BCUT2D eigenvalue weighted by molar-refractivity contribution is -0.140. The van der Waals surface area contributed by atoms with Crippen LogP contribution in [-0.4, -0.2) is 80.6 Å². The average Bonchev–Trinajstić information content (AvgIpc) is 3.02. The van der Waals surface area contributed by atoms with Gasteiger partial charge in [0, 0.05) is 37.8 Å². The van der Waals surface area contributed by atoms with Crippen LogP contribution >= 0.6 is 11.6 Å². The second-order valence-electron chi connectivity index (χ2n) is 8.16. The smallest absolute Gasteiger partial charge is 0.295 e. The van der Waals surface area contributed by atoms with Crippen molar-refractivity contribution in [2.45, 2.75) is 10.9 Å². The molecule has 1 saturated heterocycles. The molecule has 1 unspecified atom stereocenters. The number of halogens is 1. The monoisotopic (exact) mass is 491 g/mol. The number of rotatable bonds is 7. The van der Waals surface area contributed by atoms with Gasteiger partial charge in [0.1, 0.15) is 5.76 Å². The van der Waals surface area contributed by atoms with Crippen molar-refractivity contribution in [3.05, 3.63) is 70.3 Å². The number of aliphatic hydroxyl groups excluding tert-OH is 1. The summed E-state index contributed by atoms with van der Waals surface area (Å²) in [7, 11) is 2.91. The third-order valence-electron chi connectivity index (χ3n) is 5.42. The third kappa shape index (κ3) is 4.96. The first kappa shape index (κ1) is 24.9. The van der Waals surface area contributed by atoms with Crippen LogP contribution in [-0.2, 0) is 19.6 Å². The highest BCUT2D eigenvalue weighted by Gasteiger charge is 2.45. The van der Waals surface area contributed by atoms with E-state index in [1.54, 1.807) is 24.3 Å². The van der Waals surface area contributed by atoms with Crippen LogP contribution in [0.1, 0.15) is 17.2 Å². The highest BCUT2D eigenvalue weighted by molar-refractivity contribution is 7.89. The second kappa shape index (κ2) is 9.64. The first-order valence-corrected chi connectivity index (χ1v) is 12.0. The Morgan fingerprint density at radius 3 is 2.09 bits per heavy atom. The molecule has 1 fully saturated rings. The molecule has 1 aliphatic heterocycles. The summed E-state index contributed by atoms with van der Waals surface area (Å²) in [4.78, 5) is 29.2. The van der Waals surface area contributed by atoms with Gasteiger partial charge in [0.2, 0.25) is 10.0 Å². The summed E-state index contributed by atoms with van der Waals surface area (Å²) >= 11 is 6.02. The van der Waals surface area contributed by atoms with Gasteiger partial charge in [0.05, 0.1) is 16.5 Å². The highest BCUT2D eigenvalue weighted by Crippen LogP contribution is 2.39. The van der Waals surface area contributed by atoms with Crippen LogP contribution in [0, 0.1) is 0 Å². The molecule has 1 atom stereocenters. The van der Waals surface area contributed by atoms with E-state index in [1.165, 1.54) is 43.3 Å². The molecule has 0 bridgehead atoms. The number of hydrogen-bond acceptors (Lipinski definition) is 6. The highest BCUT2D eigenvalue weighted by atomic mass is 35.5. The zero-order chi connectivity index (χ0) is 24.5. The predicted molar refractivity (Wildman–Crippen MR) is 126 cm³/mol. The molecule has 8 nitrogen and oxygen atoms in total. The van der Waals surface area contributed by atoms with E-state index in [-0.39, 0.29) is 28.3 Å². The van der Waals surface area contributed by atoms with Gasteiger partial charge in [0.25, 0.3) is 11.7 Å². The van der Waals surface area contributed by atoms with Gasteiger partial charge in [-0.2, -0.15) is 0 Å². The average molecular weight is 492 g/mol. The number of benzene rings is 2. The molecule has 1 amide bonds. The normalized spacial score (nSPS) is 18.5. The van der Waals surface area contributed by atoms with Crippen molar-refractivity contribution in [1.29, 1.82) is 0 Å². The van der Waals surface area contributed by atoms with E-state index >= 15 is 0 Å². The van der Waals surface area contributed by atoms with Crippen molar-refractivity contribution in [2.75, 3.05) is 41.3 Å². The zero-order valence-electron chi connectivity index (χ0n) is 18.8. The number of amides is 1. The quantitative estimate of drug-likeness (QED) is 0.363. The van der Waals surface area contributed by atoms with Gasteiger partial charge in [0.15, 0.2) is 0 Å². The van der Waals surface area contributed by atoms with Gasteiger partial charge in [-0.25, -0.2) is 12.7 Å². The number of carbonyl (C=O) groups is 2. The van der Waals surface area contributed by atoms with Crippen LogP contribution in [0.5, 0.6) is 0 Å². The Labute approximate surface area is 198 Å². The molecule has 33 heavy (non-hydrogen) atoms. The maximum absolute atomic E-state index is 13.0. The Morgan fingerprint density at radius 1 is 1.00 bits per heavy atom. The topological polar surface area (TPSA) is 98.2 Å². The molecular weight excluding hydrogens is 466 g/mol. The Bertz CT molecular complexity index is 1190. The van der Waals surface area contributed by atoms with Gasteiger partial charge in [-0.15, -0.1) is 0 Å². The summed E-state index contributed by atoms with van der Waals surface area (Å²) in [5.41, 5.74) is 0.812. The summed E-state index contributed by atoms with van der Waals surface area (Å²) in [5.74, 6) is -1.86. The van der Waals surface area contributed by atoms with Gasteiger partial charge in [-0.1, -0.05) is 23.7 Å². The molecule has 0 aromatic heterocycles. The van der Waals surface area contributed by atoms with Crippen molar-refractivity contribution >= 4 is 39.1 Å². The first-order chi connectivity index (χ1) is 15.4. The molecule has 3 rings (SSSR count). The molecule has 1 N–H and O–H groups in total. The predicted octanol–water partition coefficient (Wildman–Crippen LogP) is 2.57. The van der Waals surface area contributed by atoms with E-state index in [9.17, 15) is 23.1 Å². The van der Waals surface area contributed by atoms with Gasteiger partial charge < -0.3 is 14.9 Å². The standard InChI is InChI=1S/C23H26ClN3O5S/c1-25(2)13-14-27-20(15-5-9-17(24)10-6-15)19(22(29)23(27)30)21(28)16-7-11-18(12-8-16)33(31,32)26(3)4/h5-12,20,28H,13-14H2,1-4H3. The molecule has 10 heteroatoms. The molecule has 2 aromatic rings. The first-order valence-electron chi connectivity index (χ1n) is 10.2. The Hall–Kier alpha value is -2.72. The van der Waals surface area contributed by atoms with Gasteiger partial charge in [-0.05, 0) is 56.1 Å². The summed E-state index contributed by atoms with van der Waals surface area (Å²) in [5, 5.41) is 11.6. The van der Waals surface area contributed by atoms with E-state index in [0.29, 0.717) is 17.1 Å². The van der Waals surface area contributed by atoms with Crippen molar-refractivity contribution in [2.24, 2.45) is 0 Å². The molecule has 0 radical (unpaired) electrons. The number of Topliss-reactive ketones (excluding diaryl/α,β-unsaturated/α-hetero) is 1. The number of hydrogen-bond donors (Lipinski definition) is 1. The van der Waals surface area contributed by atoms with Crippen LogP contribution in [0.25, 0.3) is 5.76 Å². The molecule has 2 aromatic carbocycles. The maximum Gasteiger partial charge on any atom is 0.295 e. The minimum Gasteiger partial charge on any atom is -0.507 e. The van der Waals surface area contributed by atoms with Crippen molar-refractivity contribution in [1.82, 2.24) is 14.1 Å². The van der Waals surface area contributed by atoms with Crippen molar-refractivity contribution in [3.63, 3.8) is 0 Å². The Balaban J connectivity index is 2.11. The molecule has 176 valence electrons. The summed E-state index contributed by atoms with van der Waals surface area (Å²) in [6.07, 6.45) is 0. The van der Waals surface area contributed by atoms with Gasteiger partial charge in [-0.3, -0.25) is 9.59 Å². The number of sulfonamides is 1. The number of nitrogens with zero attached hydrogens (tertiary/aromatic N) is 3. The second-order valence-corrected chi connectivity index (χ2v) is 10.7. The van der Waals surface area contributed by atoms with Crippen LogP contribution in [0.15, 0.2) is 59.0 Å². The van der Waals surface area contributed by atoms with Gasteiger partial charge >= 0.3 is 0 Å². The van der Waals surface area contributed by atoms with Crippen LogP contribution in [0.3, 0.4) is 0 Å². The zero-order valence-corrected chi connectivity index (χ0v) is 20.4. The fourth-order valence-corrected chi connectivity index (χ4v) is 4.59. The van der Waals surface area contributed by atoms with E-state index in [1.807, 2.05) is 19.0 Å². The van der Waals surface area contributed by atoms with Crippen LogP contribution in [0.4, 0.5) is 0 Å². The Kier molecular flexibility index (Phi) is 7.28. The molecule has 0 aliphatic carbocycles. The summed E-state index contributed by atoms with van der Waals surface area (Å²) in [6, 6.07) is 11.5. The maximum atomic E-state index is 13.0. The fourth-order valence-electron chi connectivity index (χ4n) is 3.56. The fraction of sp³-hybridized carbons (Fsp3) is 0.304. The lowest BCUT2D eigenvalue weighted by atomic mass is 9.95. The minimum atomic E-state index is -3.65. The summed E-state index contributed by atoms with van der Waals surface area (Å²) < 4.78 is 25.7. The number of aliphatic hydroxyl groups is 1. The molecule has 0 saturated carbocycles. The molecule has 1 heterocycles. The van der Waals surface area contributed by atoms with E-state index < -0.39 is 27.8 Å². The van der Waals surface area contributed by atoms with Crippen molar-refractivity contribution in [3.8, 4) is 0 Å². The largest absolute Gasteiger partial charge is 0.507 e. The van der Waals surface area contributed by atoms with E-state index in [2.05, 4.69) is 0 Å². The van der Waals surface area contributed by atoms with E-state index in [4.69, 9.17) is 11.6 Å². The molecular formula is C23H26ClN3O5S. The lowest BCUT2D eigenvalue weighted by Gasteiger charge is -2.26. The number of likely N-dealkylation sites (N-methyl/N-ethyl adjacent to an activating group) is 1. The van der Waals surface area contributed by atoms with E-state index in [0.717, 1.165) is 4.31 Å². The minimum absolute atomic E-state index is 0.0461. The third-order valence-corrected chi connectivity index (χ3v) is 7.50. The number of ketones is 1. The summed E-state index contributed by atoms with van der Waals surface area (Å²) in [6.45, 7) is 0.801. The number of likely N-dealkylation sites (tertiary alicyclic amines) is 1. The molecule has 0 spiro atoms. The molecule has 1 aliphatic rings. The van der Waals surface area contributed by atoms with Crippen LogP contribution in [0.2, 0.25) is 5.02 Å². The number of carbonyl (C=O) groups excluding carboxylic acids is 2. The lowest BCUT2D eigenvalue weighted by Crippen LogP contribution is -2.35. The van der Waals surface area contributed by atoms with Crippen molar-refractivity contribution < 1.29 is 23.1 Å². The Morgan fingerprint density at radius 2 is 1.58 bits per heavy atom. The SMILES string of the molecule is CN(C)CCN1C(=O)C(=O)C(=C(O)c2ccc(S(=O)(=O)N(C)C)cc2)C1c1ccc(Cl)cc1.